The lowest BCUT2D eigenvalue weighted by Gasteiger charge is -2.07. The van der Waals surface area contributed by atoms with Crippen molar-refractivity contribution in [3.05, 3.63) is 0 Å². The van der Waals surface area contributed by atoms with Gasteiger partial charge in [0.25, 0.3) is 0 Å². The molecule has 3 heteroatoms. The quantitative estimate of drug-likeness (QED) is 0.575. The molecule has 0 aromatic rings. The number of carbonyl (C=O) groups excluding carboxylic acids is 2. The average Bonchev–Trinajstić information content (AvgIpc) is 2.31. The van der Waals surface area contributed by atoms with Gasteiger partial charge in [-0.3, -0.25) is 9.59 Å². The SMILES string of the molecule is CC(C)NC(=O)CCCCCCCCC(=O)C(C)C.[HH]. The molecule has 19 heavy (non-hydrogen) atoms. The van der Waals surface area contributed by atoms with Crippen LogP contribution < -0.4 is 5.32 Å². The smallest absolute Gasteiger partial charge is 0.220 e. The van der Waals surface area contributed by atoms with Gasteiger partial charge in [-0.25, -0.2) is 0 Å². The molecule has 0 aromatic carbocycles. The van der Waals surface area contributed by atoms with Crippen LogP contribution in [0.4, 0.5) is 0 Å². The largest absolute Gasteiger partial charge is 0.354 e. The van der Waals surface area contributed by atoms with E-state index in [2.05, 4.69) is 5.32 Å². The summed E-state index contributed by atoms with van der Waals surface area (Å²) in [5, 5.41) is 2.90. The first-order valence-electron chi connectivity index (χ1n) is 7.75. The third-order valence-electron chi connectivity index (χ3n) is 3.17. The fourth-order valence-corrected chi connectivity index (χ4v) is 1.97. The molecule has 0 bridgehead atoms. The molecule has 3 nitrogen and oxygen atoms in total. The Morgan fingerprint density at radius 3 is 1.79 bits per heavy atom. The Kier molecular flexibility index (Phi) is 10.5. The van der Waals surface area contributed by atoms with Crippen molar-refractivity contribution >= 4 is 11.7 Å². The van der Waals surface area contributed by atoms with Crippen LogP contribution in [0.25, 0.3) is 0 Å². The zero-order valence-corrected chi connectivity index (χ0v) is 13.1. The van der Waals surface area contributed by atoms with Gasteiger partial charge >= 0.3 is 0 Å². The number of rotatable bonds is 11. The predicted octanol–water partition coefficient (Wildman–Crippen LogP) is 4.10. The highest BCUT2D eigenvalue weighted by molar-refractivity contribution is 5.80. The van der Waals surface area contributed by atoms with Gasteiger partial charge < -0.3 is 5.32 Å². The number of Topliss-reactive ketones (excluding diaryl/α,β-unsaturated/α-hetero) is 1. The summed E-state index contributed by atoms with van der Waals surface area (Å²) in [6.07, 6.45) is 7.97. The molecule has 114 valence electrons. The lowest BCUT2D eigenvalue weighted by Crippen LogP contribution is -2.29. The van der Waals surface area contributed by atoms with Crippen LogP contribution in [0.5, 0.6) is 0 Å². The Morgan fingerprint density at radius 2 is 1.32 bits per heavy atom. The molecule has 0 atom stereocenters. The van der Waals surface area contributed by atoms with Crippen molar-refractivity contribution in [2.24, 2.45) is 5.92 Å². The second-order valence-corrected chi connectivity index (χ2v) is 5.96. The third-order valence-corrected chi connectivity index (χ3v) is 3.17. The topological polar surface area (TPSA) is 46.2 Å². The van der Waals surface area contributed by atoms with E-state index in [9.17, 15) is 9.59 Å². The van der Waals surface area contributed by atoms with Crippen LogP contribution in [0.15, 0.2) is 0 Å². The van der Waals surface area contributed by atoms with Crippen molar-refractivity contribution < 1.29 is 11.0 Å². The number of carbonyl (C=O) groups is 2. The van der Waals surface area contributed by atoms with Crippen molar-refractivity contribution in [1.82, 2.24) is 5.32 Å². The van der Waals surface area contributed by atoms with Crippen LogP contribution in [-0.2, 0) is 9.59 Å². The van der Waals surface area contributed by atoms with E-state index in [1.807, 2.05) is 27.7 Å². The summed E-state index contributed by atoms with van der Waals surface area (Å²) in [7, 11) is 0. The molecule has 0 fully saturated rings. The van der Waals surface area contributed by atoms with Crippen molar-refractivity contribution in [1.29, 1.82) is 0 Å². The molecule has 0 unspecified atom stereocenters. The number of nitrogens with one attached hydrogen (secondary N) is 1. The zero-order chi connectivity index (χ0) is 14.7. The van der Waals surface area contributed by atoms with E-state index in [0.29, 0.717) is 12.2 Å². The standard InChI is InChI=1S/C16H31NO2.H2/c1-13(2)15(18)11-9-7-5-6-8-10-12-16(19)17-14(3)4;/h13-14H,5-12H2,1-4H3,(H,17,19);1H. The summed E-state index contributed by atoms with van der Waals surface area (Å²) in [5.41, 5.74) is 0. The van der Waals surface area contributed by atoms with Crippen LogP contribution in [0.3, 0.4) is 0 Å². The third kappa shape index (κ3) is 11.9. The van der Waals surface area contributed by atoms with Gasteiger partial charge in [0.15, 0.2) is 0 Å². The fraction of sp³-hybridized carbons (Fsp3) is 0.875. The predicted molar refractivity (Wildman–Crippen MR) is 82.2 cm³/mol. The molecule has 0 aromatic heterocycles. The molecule has 0 radical (unpaired) electrons. The van der Waals surface area contributed by atoms with E-state index in [-0.39, 0.29) is 19.3 Å². The van der Waals surface area contributed by atoms with Crippen molar-refractivity contribution in [2.75, 3.05) is 0 Å². The van der Waals surface area contributed by atoms with Gasteiger partial charge in [-0.05, 0) is 26.7 Å². The maximum Gasteiger partial charge on any atom is 0.220 e. The number of unbranched alkanes of at least 4 members (excludes halogenated alkanes) is 5. The number of hydrogen-bond acceptors (Lipinski definition) is 2. The Morgan fingerprint density at radius 1 is 0.842 bits per heavy atom. The van der Waals surface area contributed by atoms with Crippen LogP contribution in [0, 0.1) is 5.92 Å². The minimum Gasteiger partial charge on any atom is -0.354 e. The highest BCUT2D eigenvalue weighted by Gasteiger charge is 2.06. The summed E-state index contributed by atoms with van der Waals surface area (Å²) < 4.78 is 0. The van der Waals surface area contributed by atoms with Gasteiger partial charge in [0.2, 0.25) is 5.91 Å². The normalized spacial score (nSPS) is 11.1. The van der Waals surface area contributed by atoms with Crippen molar-refractivity contribution in [2.45, 2.75) is 85.1 Å². The molecular formula is C16H33NO2. The highest BCUT2D eigenvalue weighted by atomic mass is 16.1. The maximum atomic E-state index is 11.4. The molecule has 0 saturated heterocycles. The summed E-state index contributed by atoms with van der Waals surface area (Å²) in [6, 6.07) is 0.242. The lowest BCUT2D eigenvalue weighted by molar-refractivity contribution is -0.122. The first-order valence-corrected chi connectivity index (χ1v) is 7.75. The summed E-state index contributed by atoms with van der Waals surface area (Å²) in [4.78, 5) is 22.8. The van der Waals surface area contributed by atoms with E-state index in [4.69, 9.17) is 0 Å². The molecule has 0 aliphatic carbocycles. The first-order chi connectivity index (χ1) is 8.93. The second-order valence-electron chi connectivity index (χ2n) is 5.96. The number of hydrogen-bond donors (Lipinski definition) is 1. The summed E-state index contributed by atoms with van der Waals surface area (Å²) >= 11 is 0. The van der Waals surface area contributed by atoms with E-state index in [1.54, 1.807) is 0 Å². The maximum absolute atomic E-state index is 11.4. The molecule has 0 heterocycles. The fourth-order valence-electron chi connectivity index (χ4n) is 1.97. The number of ketones is 1. The van der Waals surface area contributed by atoms with E-state index >= 15 is 0 Å². The minimum absolute atomic E-state index is 0. The first kappa shape index (κ1) is 18.1. The summed E-state index contributed by atoms with van der Waals surface area (Å²) in [5.74, 6) is 0.724. The Balaban J connectivity index is 0. The van der Waals surface area contributed by atoms with E-state index in [1.165, 1.54) is 12.8 Å². The van der Waals surface area contributed by atoms with Crippen LogP contribution >= 0.6 is 0 Å². The Hall–Kier alpha value is -0.860. The molecule has 0 rings (SSSR count). The van der Waals surface area contributed by atoms with Crippen LogP contribution in [-0.4, -0.2) is 17.7 Å². The molecule has 0 aliphatic heterocycles. The Bertz CT molecular complexity index is 265. The zero-order valence-electron chi connectivity index (χ0n) is 13.1. The molecule has 0 saturated carbocycles. The number of amides is 1. The van der Waals surface area contributed by atoms with Crippen LogP contribution in [0.2, 0.25) is 0 Å². The second kappa shape index (κ2) is 11.0. The highest BCUT2D eigenvalue weighted by Crippen LogP contribution is 2.10. The van der Waals surface area contributed by atoms with Crippen LogP contribution in [0.1, 0.15) is 80.5 Å². The van der Waals surface area contributed by atoms with Gasteiger partial charge in [-0.1, -0.05) is 39.5 Å². The van der Waals surface area contributed by atoms with Crippen molar-refractivity contribution in [3.63, 3.8) is 0 Å². The van der Waals surface area contributed by atoms with Gasteiger partial charge in [-0.15, -0.1) is 0 Å². The average molecular weight is 271 g/mol. The molecular weight excluding hydrogens is 238 g/mol. The van der Waals surface area contributed by atoms with E-state index < -0.39 is 0 Å². The summed E-state index contributed by atoms with van der Waals surface area (Å²) in [6.45, 7) is 7.89. The molecule has 0 aliphatic rings. The molecule has 1 N–H and O–H groups in total. The minimum atomic E-state index is 0. The van der Waals surface area contributed by atoms with Gasteiger partial charge in [-0.2, -0.15) is 0 Å². The molecule has 0 spiro atoms. The van der Waals surface area contributed by atoms with Gasteiger partial charge in [0, 0.05) is 26.2 Å². The Labute approximate surface area is 120 Å². The lowest BCUT2D eigenvalue weighted by atomic mass is 10.0. The van der Waals surface area contributed by atoms with E-state index in [0.717, 1.165) is 32.1 Å². The monoisotopic (exact) mass is 271 g/mol. The van der Waals surface area contributed by atoms with Crippen molar-refractivity contribution in [3.8, 4) is 0 Å². The van der Waals surface area contributed by atoms with Gasteiger partial charge in [0.1, 0.15) is 5.78 Å². The molecule has 1 amide bonds. The van der Waals surface area contributed by atoms with Gasteiger partial charge in [0.05, 0.1) is 0 Å².